The first-order valence-electron chi connectivity index (χ1n) is 11.5. The van der Waals surface area contributed by atoms with E-state index in [0.29, 0.717) is 0 Å². The van der Waals surface area contributed by atoms with Crippen LogP contribution in [-0.4, -0.2) is 60.1 Å². The summed E-state index contributed by atoms with van der Waals surface area (Å²) in [4.78, 5) is 47.9. The molecule has 0 radical (unpaired) electrons. The Hall–Kier alpha value is -4.08. The minimum Gasteiger partial charge on any atom is -0.480 e. The van der Waals surface area contributed by atoms with Crippen molar-refractivity contribution in [2.45, 2.75) is 51.3 Å². The number of fused-ring (bicyclic) bond motifs is 3. The fraction of sp³-hybridized carbons (Fsp3) is 0.385. The molecule has 0 spiro atoms. The van der Waals surface area contributed by atoms with Crippen molar-refractivity contribution >= 4 is 24.1 Å². The molecular weight excluding hydrogens is 468 g/mol. The number of hydrogen-bond acceptors (Lipinski definition) is 7. The van der Waals surface area contributed by atoms with Crippen molar-refractivity contribution in [3.8, 4) is 11.1 Å². The van der Waals surface area contributed by atoms with Gasteiger partial charge < -0.3 is 30.0 Å². The molecular formula is C26H30N2O8. The van der Waals surface area contributed by atoms with Crippen LogP contribution in [-0.2, 0) is 23.8 Å². The lowest BCUT2D eigenvalue weighted by Crippen LogP contribution is -2.47. The smallest absolute Gasteiger partial charge is 0.408 e. The van der Waals surface area contributed by atoms with Gasteiger partial charge in [-0.25, -0.2) is 19.2 Å². The highest BCUT2D eigenvalue weighted by Gasteiger charge is 2.30. The molecule has 0 aliphatic heterocycles. The molecule has 0 aromatic heterocycles. The van der Waals surface area contributed by atoms with Crippen molar-refractivity contribution < 1.29 is 38.5 Å². The van der Waals surface area contributed by atoms with E-state index in [9.17, 15) is 24.3 Å². The summed E-state index contributed by atoms with van der Waals surface area (Å²) in [6.07, 6.45) is -1.78. The number of nitrogens with one attached hydrogen (secondary N) is 2. The van der Waals surface area contributed by atoms with E-state index in [4.69, 9.17) is 14.2 Å². The zero-order valence-corrected chi connectivity index (χ0v) is 20.6. The molecule has 1 aliphatic carbocycles. The van der Waals surface area contributed by atoms with Crippen molar-refractivity contribution in [1.29, 1.82) is 0 Å². The molecule has 0 saturated carbocycles. The van der Waals surface area contributed by atoms with Crippen LogP contribution in [0.15, 0.2) is 48.5 Å². The highest BCUT2D eigenvalue weighted by Crippen LogP contribution is 2.44. The summed E-state index contributed by atoms with van der Waals surface area (Å²) in [7, 11) is 0. The Morgan fingerprint density at radius 2 is 1.44 bits per heavy atom. The van der Waals surface area contributed by atoms with E-state index >= 15 is 0 Å². The number of carbonyl (C=O) groups is 4. The number of esters is 1. The molecule has 10 nitrogen and oxygen atoms in total. The summed E-state index contributed by atoms with van der Waals surface area (Å²) < 4.78 is 15.4. The number of benzene rings is 2. The van der Waals surface area contributed by atoms with Gasteiger partial charge in [0.05, 0.1) is 0 Å². The van der Waals surface area contributed by atoms with E-state index < -0.39 is 48.4 Å². The Labute approximate surface area is 208 Å². The van der Waals surface area contributed by atoms with Crippen LogP contribution in [0.4, 0.5) is 9.59 Å². The largest absolute Gasteiger partial charge is 0.480 e. The Balaban J connectivity index is 1.50. The number of ether oxygens (including phenoxy) is 3. The predicted molar refractivity (Wildman–Crippen MR) is 129 cm³/mol. The van der Waals surface area contributed by atoms with Crippen LogP contribution in [0.2, 0.25) is 0 Å². The van der Waals surface area contributed by atoms with Crippen molar-refractivity contribution in [1.82, 2.24) is 10.6 Å². The standard InChI is InChI=1S/C26H30N2O8/c1-15(23(31)34-14-21(22(29)30)28-25(33)36-26(2,3)4)27-24(32)35-13-20-18-11-7-5-9-16(18)17-10-6-8-12-19(17)20/h5-12,15,20-21H,13-14H2,1-4H3,(H,27,32)(H,28,33)(H,29,30)/t15-,21+/m1/s1. The van der Waals surface area contributed by atoms with Gasteiger partial charge in [-0.2, -0.15) is 0 Å². The van der Waals surface area contributed by atoms with E-state index in [2.05, 4.69) is 10.6 Å². The third kappa shape index (κ3) is 6.74. The molecule has 2 aromatic carbocycles. The van der Waals surface area contributed by atoms with Crippen LogP contribution < -0.4 is 10.6 Å². The summed E-state index contributed by atoms with van der Waals surface area (Å²) >= 11 is 0. The van der Waals surface area contributed by atoms with Gasteiger partial charge in [-0.3, -0.25) is 0 Å². The Bertz CT molecular complexity index is 1100. The van der Waals surface area contributed by atoms with Crippen molar-refractivity contribution in [3.05, 3.63) is 59.7 Å². The lowest BCUT2D eigenvalue weighted by Gasteiger charge is -2.22. The SMILES string of the molecule is C[C@@H](NC(=O)OCC1c2ccccc2-c2ccccc21)C(=O)OC[C@H](NC(=O)OC(C)(C)C)C(=O)O. The number of amides is 2. The second-order valence-corrected chi connectivity index (χ2v) is 9.36. The van der Waals surface area contributed by atoms with Crippen LogP contribution >= 0.6 is 0 Å². The average molecular weight is 499 g/mol. The minimum absolute atomic E-state index is 0.0719. The first-order valence-corrected chi connectivity index (χ1v) is 11.5. The molecule has 10 heteroatoms. The quantitative estimate of drug-likeness (QED) is 0.371. The lowest BCUT2D eigenvalue weighted by molar-refractivity contribution is -0.150. The van der Waals surface area contributed by atoms with Gasteiger partial charge in [0.2, 0.25) is 0 Å². The highest BCUT2D eigenvalue weighted by molar-refractivity contribution is 5.83. The van der Waals surface area contributed by atoms with Gasteiger partial charge in [0.1, 0.15) is 24.9 Å². The lowest BCUT2D eigenvalue weighted by atomic mass is 9.98. The molecule has 0 saturated heterocycles. The average Bonchev–Trinajstić information content (AvgIpc) is 3.12. The molecule has 2 aromatic rings. The number of aliphatic carboxylic acids is 1. The Morgan fingerprint density at radius 3 is 1.97 bits per heavy atom. The van der Waals surface area contributed by atoms with Gasteiger partial charge in [-0.1, -0.05) is 48.5 Å². The fourth-order valence-electron chi connectivity index (χ4n) is 3.79. The van der Waals surface area contributed by atoms with Crippen LogP contribution in [0.3, 0.4) is 0 Å². The summed E-state index contributed by atoms with van der Waals surface area (Å²) in [5, 5.41) is 13.8. The van der Waals surface area contributed by atoms with E-state index in [1.165, 1.54) is 6.92 Å². The summed E-state index contributed by atoms with van der Waals surface area (Å²) in [6, 6.07) is 13.2. The van der Waals surface area contributed by atoms with Crippen LogP contribution in [0.25, 0.3) is 11.1 Å². The molecule has 192 valence electrons. The molecule has 3 rings (SSSR count). The molecule has 0 bridgehead atoms. The number of alkyl carbamates (subject to hydrolysis) is 2. The van der Waals surface area contributed by atoms with E-state index in [0.717, 1.165) is 22.3 Å². The summed E-state index contributed by atoms with van der Waals surface area (Å²) in [5.74, 6) is -2.44. The van der Waals surface area contributed by atoms with Gasteiger partial charge in [-0.15, -0.1) is 0 Å². The van der Waals surface area contributed by atoms with Crippen LogP contribution in [0.1, 0.15) is 44.7 Å². The monoisotopic (exact) mass is 498 g/mol. The molecule has 2 amide bonds. The number of carbonyl (C=O) groups excluding carboxylic acids is 3. The Morgan fingerprint density at radius 1 is 0.889 bits per heavy atom. The second kappa shape index (κ2) is 11.1. The third-order valence-corrected chi connectivity index (χ3v) is 5.41. The number of hydrogen-bond donors (Lipinski definition) is 3. The van der Waals surface area contributed by atoms with Gasteiger partial charge >= 0.3 is 24.1 Å². The first-order chi connectivity index (χ1) is 17.0. The van der Waals surface area contributed by atoms with Crippen molar-refractivity contribution in [3.63, 3.8) is 0 Å². The molecule has 1 aliphatic rings. The summed E-state index contributed by atoms with van der Waals surface area (Å²) in [6.45, 7) is 5.67. The first kappa shape index (κ1) is 26.5. The minimum atomic E-state index is -1.52. The summed E-state index contributed by atoms with van der Waals surface area (Å²) in [5.41, 5.74) is 3.46. The predicted octanol–water partition coefficient (Wildman–Crippen LogP) is 3.43. The molecule has 2 atom stereocenters. The van der Waals surface area contributed by atoms with Crippen molar-refractivity contribution in [2.75, 3.05) is 13.2 Å². The zero-order valence-electron chi connectivity index (χ0n) is 20.6. The fourth-order valence-corrected chi connectivity index (χ4v) is 3.79. The Kier molecular flexibility index (Phi) is 8.18. The van der Waals surface area contributed by atoms with Crippen LogP contribution in [0, 0.1) is 0 Å². The van der Waals surface area contributed by atoms with Gasteiger partial charge in [0, 0.05) is 5.92 Å². The number of rotatable bonds is 8. The molecule has 3 N–H and O–H groups in total. The van der Waals surface area contributed by atoms with E-state index in [1.54, 1.807) is 20.8 Å². The maximum atomic E-state index is 12.4. The van der Waals surface area contributed by atoms with Gasteiger partial charge in [-0.05, 0) is 49.9 Å². The normalized spacial score (nSPS) is 14.0. The van der Waals surface area contributed by atoms with E-state index in [-0.39, 0.29) is 12.5 Å². The number of carboxylic acid groups (broad SMARTS) is 1. The highest BCUT2D eigenvalue weighted by atomic mass is 16.6. The van der Waals surface area contributed by atoms with E-state index in [1.807, 2.05) is 48.5 Å². The molecule has 0 unspecified atom stereocenters. The maximum absolute atomic E-state index is 12.4. The molecule has 0 fully saturated rings. The molecule has 0 heterocycles. The number of carboxylic acids is 1. The van der Waals surface area contributed by atoms with Gasteiger partial charge in [0.15, 0.2) is 6.04 Å². The second-order valence-electron chi connectivity index (χ2n) is 9.36. The van der Waals surface area contributed by atoms with Gasteiger partial charge in [0.25, 0.3) is 0 Å². The molecule has 36 heavy (non-hydrogen) atoms. The topological polar surface area (TPSA) is 140 Å². The zero-order chi connectivity index (χ0) is 26.5. The van der Waals surface area contributed by atoms with Crippen molar-refractivity contribution in [2.24, 2.45) is 0 Å². The van der Waals surface area contributed by atoms with Crippen LogP contribution in [0.5, 0.6) is 0 Å². The third-order valence-electron chi connectivity index (χ3n) is 5.41. The maximum Gasteiger partial charge on any atom is 0.408 e.